The van der Waals surface area contributed by atoms with Crippen LogP contribution in [0.4, 0.5) is 0 Å². The number of aromatic nitrogens is 2. The summed E-state index contributed by atoms with van der Waals surface area (Å²) in [6.45, 7) is 7.40. The highest BCUT2D eigenvalue weighted by Crippen LogP contribution is 2.17. The van der Waals surface area contributed by atoms with Gasteiger partial charge in [-0.05, 0) is 13.0 Å². The molecule has 0 aliphatic heterocycles. The zero-order valence-electron chi connectivity index (χ0n) is 9.37. The standard InChI is InChI=1S/C10H19N3S/c1-8(2)11-5-6-14-10-7-9(3)12-13(10)4/h7-8,11H,5-6H2,1-4H3. The third-order valence-corrected chi connectivity index (χ3v) is 2.95. The molecule has 0 spiro atoms. The number of aryl methyl sites for hydroxylation is 2. The van der Waals surface area contributed by atoms with Crippen LogP contribution >= 0.6 is 11.8 Å². The Kier molecular flexibility index (Phi) is 4.48. The largest absolute Gasteiger partial charge is 0.314 e. The van der Waals surface area contributed by atoms with E-state index < -0.39 is 0 Å². The molecule has 1 rings (SSSR count). The Balaban J connectivity index is 2.28. The van der Waals surface area contributed by atoms with Gasteiger partial charge in [0.2, 0.25) is 0 Å². The van der Waals surface area contributed by atoms with E-state index in [2.05, 4.69) is 30.3 Å². The second-order valence-corrected chi connectivity index (χ2v) is 4.82. The molecule has 1 heterocycles. The highest BCUT2D eigenvalue weighted by Gasteiger charge is 2.01. The fourth-order valence-electron chi connectivity index (χ4n) is 1.23. The van der Waals surface area contributed by atoms with Gasteiger partial charge in [0.1, 0.15) is 0 Å². The average Bonchev–Trinajstić information content (AvgIpc) is 2.39. The van der Waals surface area contributed by atoms with Crippen LogP contribution in [0, 0.1) is 6.92 Å². The van der Waals surface area contributed by atoms with Crippen LogP contribution < -0.4 is 5.32 Å². The maximum atomic E-state index is 4.30. The van der Waals surface area contributed by atoms with Crippen LogP contribution in [0.2, 0.25) is 0 Å². The quantitative estimate of drug-likeness (QED) is 0.598. The Morgan fingerprint density at radius 3 is 2.79 bits per heavy atom. The molecule has 0 saturated carbocycles. The first-order valence-electron chi connectivity index (χ1n) is 4.96. The summed E-state index contributed by atoms with van der Waals surface area (Å²) in [5.74, 6) is 1.09. The lowest BCUT2D eigenvalue weighted by Crippen LogP contribution is -2.24. The van der Waals surface area contributed by atoms with Crippen molar-refractivity contribution in [3.63, 3.8) is 0 Å². The second-order valence-electron chi connectivity index (χ2n) is 3.70. The van der Waals surface area contributed by atoms with Crippen molar-refractivity contribution in [3.05, 3.63) is 11.8 Å². The average molecular weight is 213 g/mol. The van der Waals surface area contributed by atoms with E-state index in [0.29, 0.717) is 6.04 Å². The van der Waals surface area contributed by atoms with Crippen LogP contribution in [-0.2, 0) is 7.05 Å². The molecule has 1 aromatic rings. The van der Waals surface area contributed by atoms with Gasteiger partial charge < -0.3 is 5.32 Å². The molecule has 4 heteroatoms. The highest BCUT2D eigenvalue weighted by molar-refractivity contribution is 7.99. The maximum Gasteiger partial charge on any atom is 0.0939 e. The van der Waals surface area contributed by atoms with Crippen molar-refractivity contribution < 1.29 is 0 Å². The summed E-state index contributed by atoms with van der Waals surface area (Å²) in [5, 5.41) is 8.94. The zero-order valence-corrected chi connectivity index (χ0v) is 10.2. The SMILES string of the molecule is Cc1cc(SCCNC(C)C)n(C)n1. The first-order chi connectivity index (χ1) is 6.59. The van der Waals surface area contributed by atoms with E-state index in [1.165, 1.54) is 5.03 Å². The third kappa shape index (κ3) is 3.72. The summed E-state index contributed by atoms with van der Waals surface area (Å²) < 4.78 is 1.94. The van der Waals surface area contributed by atoms with Gasteiger partial charge in [-0.25, -0.2) is 0 Å². The van der Waals surface area contributed by atoms with Crippen molar-refractivity contribution in [3.8, 4) is 0 Å². The van der Waals surface area contributed by atoms with Crippen molar-refractivity contribution >= 4 is 11.8 Å². The molecule has 0 aliphatic carbocycles. The monoisotopic (exact) mass is 213 g/mol. The normalized spacial score (nSPS) is 11.2. The predicted molar refractivity (Wildman–Crippen MR) is 61.8 cm³/mol. The number of nitrogens with one attached hydrogen (secondary N) is 1. The fourth-order valence-corrected chi connectivity index (χ4v) is 2.14. The van der Waals surface area contributed by atoms with E-state index in [1.54, 1.807) is 0 Å². The molecule has 0 aliphatic rings. The van der Waals surface area contributed by atoms with Gasteiger partial charge in [0.25, 0.3) is 0 Å². The first kappa shape index (κ1) is 11.6. The highest BCUT2D eigenvalue weighted by atomic mass is 32.2. The molecule has 0 amide bonds. The van der Waals surface area contributed by atoms with Gasteiger partial charge >= 0.3 is 0 Å². The minimum absolute atomic E-state index is 0.573. The van der Waals surface area contributed by atoms with E-state index in [1.807, 2.05) is 30.4 Å². The van der Waals surface area contributed by atoms with Crippen LogP contribution in [-0.4, -0.2) is 28.1 Å². The van der Waals surface area contributed by atoms with Gasteiger partial charge in [0.15, 0.2) is 0 Å². The van der Waals surface area contributed by atoms with Crippen LogP contribution in [0.5, 0.6) is 0 Å². The number of thioether (sulfide) groups is 1. The van der Waals surface area contributed by atoms with Crippen molar-refractivity contribution in [2.45, 2.75) is 31.8 Å². The van der Waals surface area contributed by atoms with Crippen molar-refractivity contribution in [1.82, 2.24) is 15.1 Å². The van der Waals surface area contributed by atoms with Gasteiger partial charge in [0.05, 0.1) is 10.7 Å². The van der Waals surface area contributed by atoms with Crippen LogP contribution in [0.25, 0.3) is 0 Å². The summed E-state index contributed by atoms with van der Waals surface area (Å²) in [7, 11) is 1.99. The molecule has 0 aromatic carbocycles. The molecule has 0 atom stereocenters. The molecule has 0 unspecified atom stereocenters. The summed E-state index contributed by atoms with van der Waals surface area (Å²) in [6, 6.07) is 2.70. The molecule has 1 N–H and O–H groups in total. The number of hydrogen-bond donors (Lipinski definition) is 1. The Morgan fingerprint density at radius 2 is 2.29 bits per heavy atom. The summed E-state index contributed by atoms with van der Waals surface area (Å²) >= 11 is 1.85. The molecule has 14 heavy (non-hydrogen) atoms. The molecule has 0 fully saturated rings. The number of hydrogen-bond acceptors (Lipinski definition) is 3. The van der Waals surface area contributed by atoms with Gasteiger partial charge in [-0.15, -0.1) is 11.8 Å². The first-order valence-corrected chi connectivity index (χ1v) is 5.95. The minimum atomic E-state index is 0.573. The molecule has 1 aromatic heterocycles. The molecular formula is C10H19N3S. The smallest absolute Gasteiger partial charge is 0.0939 e. The summed E-state index contributed by atoms with van der Waals surface area (Å²) in [5.41, 5.74) is 1.09. The lowest BCUT2D eigenvalue weighted by Gasteiger charge is -2.07. The van der Waals surface area contributed by atoms with Crippen molar-refractivity contribution in [2.75, 3.05) is 12.3 Å². The molecular weight excluding hydrogens is 194 g/mol. The topological polar surface area (TPSA) is 29.9 Å². The molecule has 80 valence electrons. The van der Waals surface area contributed by atoms with Crippen molar-refractivity contribution in [1.29, 1.82) is 0 Å². The van der Waals surface area contributed by atoms with Gasteiger partial charge in [-0.1, -0.05) is 13.8 Å². The van der Waals surface area contributed by atoms with E-state index in [9.17, 15) is 0 Å². The third-order valence-electron chi connectivity index (χ3n) is 1.86. The zero-order chi connectivity index (χ0) is 10.6. The van der Waals surface area contributed by atoms with Gasteiger partial charge in [0, 0.05) is 25.4 Å². The fraction of sp³-hybridized carbons (Fsp3) is 0.700. The van der Waals surface area contributed by atoms with E-state index in [0.717, 1.165) is 18.0 Å². The number of nitrogens with zero attached hydrogens (tertiary/aromatic N) is 2. The van der Waals surface area contributed by atoms with Gasteiger partial charge in [-0.3, -0.25) is 4.68 Å². The Labute approximate surface area is 90.3 Å². The summed E-state index contributed by atoms with van der Waals surface area (Å²) in [6.07, 6.45) is 0. The molecule has 0 bridgehead atoms. The van der Waals surface area contributed by atoms with Crippen LogP contribution in [0.3, 0.4) is 0 Å². The Morgan fingerprint density at radius 1 is 1.57 bits per heavy atom. The predicted octanol–water partition coefficient (Wildman–Crippen LogP) is 1.82. The van der Waals surface area contributed by atoms with E-state index in [-0.39, 0.29) is 0 Å². The summed E-state index contributed by atoms with van der Waals surface area (Å²) in [4.78, 5) is 0. The second kappa shape index (κ2) is 5.41. The lowest BCUT2D eigenvalue weighted by atomic mass is 10.4. The van der Waals surface area contributed by atoms with Crippen molar-refractivity contribution in [2.24, 2.45) is 7.05 Å². The van der Waals surface area contributed by atoms with E-state index in [4.69, 9.17) is 0 Å². The Hall–Kier alpha value is -0.480. The lowest BCUT2D eigenvalue weighted by molar-refractivity contribution is 0.615. The molecule has 0 saturated heterocycles. The number of rotatable bonds is 5. The Bertz CT molecular complexity index is 281. The van der Waals surface area contributed by atoms with Crippen LogP contribution in [0.1, 0.15) is 19.5 Å². The van der Waals surface area contributed by atoms with Crippen LogP contribution in [0.15, 0.2) is 11.1 Å². The molecule has 3 nitrogen and oxygen atoms in total. The molecule has 0 radical (unpaired) electrons. The minimum Gasteiger partial charge on any atom is -0.314 e. The van der Waals surface area contributed by atoms with Gasteiger partial charge in [-0.2, -0.15) is 5.10 Å². The van der Waals surface area contributed by atoms with E-state index >= 15 is 0 Å². The maximum absolute atomic E-state index is 4.30.